The molecule has 0 aliphatic heterocycles. The molecule has 5 nitrogen and oxygen atoms in total. The third-order valence-corrected chi connectivity index (χ3v) is 3.33. The zero-order chi connectivity index (χ0) is 14.1. The predicted octanol–water partition coefficient (Wildman–Crippen LogP) is 1.99. The number of nitrogen functional groups attached to an aromatic ring is 1. The minimum Gasteiger partial charge on any atom is -0.399 e. The number of benzene rings is 1. The smallest absolute Gasteiger partial charge is 0.321 e. The average Bonchev–Trinajstić information content (AvgIpc) is 2.38. The van der Waals surface area contributed by atoms with Crippen LogP contribution in [0.25, 0.3) is 0 Å². The summed E-state index contributed by atoms with van der Waals surface area (Å²) < 4.78 is 0. The van der Waals surface area contributed by atoms with Crippen LogP contribution in [0.5, 0.6) is 0 Å². The van der Waals surface area contributed by atoms with Gasteiger partial charge in [-0.25, -0.2) is 4.79 Å². The fourth-order valence-corrected chi connectivity index (χ4v) is 2.00. The number of rotatable bonds is 6. The highest BCUT2D eigenvalue weighted by atomic mass is 32.2. The standard InChI is InChI=1S/C13H19N3O2S/c1-2-3-8-15-13(18)16-12(17)9-19-11-6-4-10(14)5-7-11/h4-7H,2-3,8-9,14H2,1H3,(H2,15,16,17,18). The van der Waals surface area contributed by atoms with Crippen LogP contribution in [0, 0.1) is 0 Å². The Balaban J connectivity index is 2.24. The molecule has 0 atom stereocenters. The van der Waals surface area contributed by atoms with Crippen molar-refractivity contribution in [3.05, 3.63) is 24.3 Å². The molecule has 4 N–H and O–H groups in total. The molecule has 104 valence electrons. The van der Waals surface area contributed by atoms with E-state index in [1.165, 1.54) is 11.8 Å². The summed E-state index contributed by atoms with van der Waals surface area (Å²) in [5, 5.41) is 4.91. The molecule has 0 bridgehead atoms. The van der Waals surface area contributed by atoms with Gasteiger partial charge in [0.25, 0.3) is 0 Å². The van der Waals surface area contributed by atoms with Gasteiger partial charge in [-0.2, -0.15) is 0 Å². The van der Waals surface area contributed by atoms with Gasteiger partial charge in [0, 0.05) is 17.1 Å². The summed E-state index contributed by atoms with van der Waals surface area (Å²) in [6.45, 7) is 2.62. The number of thioether (sulfide) groups is 1. The Morgan fingerprint density at radius 3 is 2.58 bits per heavy atom. The number of anilines is 1. The van der Waals surface area contributed by atoms with Crippen LogP contribution in [-0.4, -0.2) is 24.2 Å². The molecule has 0 heterocycles. The van der Waals surface area contributed by atoms with Gasteiger partial charge < -0.3 is 11.1 Å². The van der Waals surface area contributed by atoms with Crippen LogP contribution in [0.1, 0.15) is 19.8 Å². The van der Waals surface area contributed by atoms with Crippen molar-refractivity contribution < 1.29 is 9.59 Å². The normalized spacial score (nSPS) is 9.95. The lowest BCUT2D eigenvalue weighted by molar-refractivity contribution is -0.117. The molecular formula is C13H19N3O2S. The van der Waals surface area contributed by atoms with E-state index in [1.54, 1.807) is 12.1 Å². The van der Waals surface area contributed by atoms with Crippen LogP contribution in [0.4, 0.5) is 10.5 Å². The molecule has 0 saturated heterocycles. The van der Waals surface area contributed by atoms with Gasteiger partial charge in [0.05, 0.1) is 5.75 Å². The molecule has 1 aromatic rings. The molecule has 0 radical (unpaired) electrons. The lowest BCUT2D eigenvalue weighted by Crippen LogP contribution is -2.40. The van der Waals surface area contributed by atoms with Crippen LogP contribution < -0.4 is 16.4 Å². The van der Waals surface area contributed by atoms with Crippen molar-refractivity contribution in [3.8, 4) is 0 Å². The molecule has 1 rings (SSSR count). The van der Waals surface area contributed by atoms with Crippen molar-refractivity contribution in [2.75, 3.05) is 18.0 Å². The monoisotopic (exact) mass is 281 g/mol. The van der Waals surface area contributed by atoms with Crippen LogP contribution >= 0.6 is 11.8 Å². The third kappa shape index (κ3) is 6.71. The number of hydrogen-bond donors (Lipinski definition) is 3. The fraction of sp³-hybridized carbons (Fsp3) is 0.385. The summed E-state index contributed by atoms with van der Waals surface area (Å²) in [6.07, 6.45) is 1.91. The maximum Gasteiger partial charge on any atom is 0.321 e. The number of urea groups is 1. The zero-order valence-corrected chi connectivity index (χ0v) is 11.8. The Morgan fingerprint density at radius 1 is 1.26 bits per heavy atom. The highest BCUT2D eigenvalue weighted by Gasteiger charge is 2.07. The van der Waals surface area contributed by atoms with Gasteiger partial charge in [-0.05, 0) is 30.7 Å². The molecular weight excluding hydrogens is 262 g/mol. The summed E-state index contributed by atoms with van der Waals surface area (Å²) in [4.78, 5) is 23.8. The van der Waals surface area contributed by atoms with Crippen LogP contribution in [0.2, 0.25) is 0 Å². The van der Waals surface area contributed by atoms with Gasteiger partial charge >= 0.3 is 6.03 Å². The summed E-state index contributed by atoms with van der Waals surface area (Å²) >= 11 is 1.36. The largest absolute Gasteiger partial charge is 0.399 e. The molecule has 0 aliphatic rings. The van der Waals surface area contributed by atoms with E-state index in [1.807, 2.05) is 19.1 Å². The predicted molar refractivity (Wildman–Crippen MR) is 78.0 cm³/mol. The maximum atomic E-state index is 11.5. The molecule has 3 amide bonds. The second-order valence-electron chi connectivity index (χ2n) is 4.02. The van der Waals surface area contributed by atoms with Crippen LogP contribution in [-0.2, 0) is 4.79 Å². The second-order valence-corrected chi connectivity index (χ2v) is 5.06. The van der Waals surface area contributed by atoms with E-state index in [-0.39, 0.29) is 11.7 Å². The van der Waals surface area contributed by atoms with Gasteiger partial charge in [0.1, 0.15) is 0 Å². The Labute approximate surface area is 117 Å². The molecule has 1 aromatic carbocycles. The topological polar surface area (TPSA) is 84.2 Å². The lowest BCUT2D eigenvalue weighted by atomic mass is 10.3. The van der Waals surface area contributed by atoms with E-state index in [0.717, 1.165) is 17.7 Å². The van der Waals surface area contributed by atoms with Gasteiger partial charge in [-0.3, -0.25) is 10.1 Å². The summed E-state index contributed by atoms with van der Waals surface area (Å²) in [5.41, 5.74) is 6.25. The molecule has 6 heteroatoms. The van der Waals surface area contributed by atoms with Gasteiger partial charge in [0.15, 0.2) is 0 Å². The third-order valence-electron chi connectivity index (χ3n) is 2.32. The second kappa shape index (κ2) is 8.42. The van der Waals surface area contributed by atoms with Crippen molar-refractivity contribution in [1.29, 1.82) is 0 Å². The van der Waals surface area contributed by atoms with Gasteiger partial charge in [-0.1, -0.05) is 13.3 Å². The minimum atomic E-state index is -0.434. The summed E-state index contributed by atoms with van der Waals surface area (Å²) in [5.74, 6) is -0.110. The van der Waals surface area contributed by atoms with Crippen molar-refractivity contribution in [3.63, 3.8) is 0 Å². The Morgan fingerprint density at radius 2 is 1.95 bits per heavy atom. The number of unbranched alkanes of at least 4 members (excludes halogenated alkanes) is 1. The quantitative estimate of drug-likeness (QED) is 0.423. The van der Waals surface area contributed by atoms with E-state index in [0.29, 0.717) is 12.2 Å². The van der Waals surface area contributed by atoms with Crippen LogP contribution in [0.15, 0.2) is 29.2 Å². The van der Waals surface area contributed by atoms with Crippen molar-refractivity contribution >= 4 is 29.4 Å². The summed E-state index contributed by atoms with van der Waals surface area (Å²) in [6, 6.07) is 6.80. The highest BCUT2D eigenvalue weighted by molar-refractivity contribution is 8.00. The first-order valence-corrected chi connectivity index (χ1v) is 7.16. The Bertz CT molecular complexity index is 420. The number of carbonyl (C=O) groups is 2. The number of hydrogen-bond acceptors (Lipinski definition) is 4. The number of imide groups is 1. The van der Waals surface area contributed by atoms with E-state index < -0.39 is 6.03 Å². The molecule has 19 heavy (non-hydrogen) atoms. The van der Waals surface area contributed by atoms with E-state index >= 15 is 0 Å². The first kappa shape index (κ1) is 15.4. The fourth-order valence-electron chi connectivity index (χ4n) is 1.30. The Hall–Kier alpha value is -1.69. The molecule has 0 unspecified atom stereocenters. The molecule has 0 aliphatic carbocycles. The minimum absolute atomic E-state index is 0.200. The van der Waals surface area contributed by atoms with E-state index in [2.05, 4.69) is 10.6 Å². The first-order valence-electron chi connectivity index (χ1n) is 6.18. The SMILES string of the molecule is CCCCNC(=O)NC(=O)CSc1ccc(N)cc1. The van der Waals surface area contributed by atoms with E-state index in [9.17, 15) is 9.59 Å². The molecule has 0 fully saturated rings. The number of nitrogens with one attached hydrogen (secondary N) is 2. The van der Waals surface area contributed by atoms with Crippen molar-refractivity contribution in [2.45, 2.75) is 24.7 Å². The van der Waals surface area contributed by atoms with Crippen molar-refractivity contribution in [1.82, 2.24) is 10.6 Å². The molecule has 0 aromatic heterocycles. The highest BCUT2D eigenvalue weighted by Crippen LogP contribution is 2.18. The number of nitrogens with two attached hydrogens (primary N) is 1. The Kier molecular flexibility index (Phi) is 6.81. The number of carbonyl (C=O) groups excluding carboxylic acids is 2. The molecule has 0 spiro atoms. The first-order chi connectivity index (χ1) is 9.11. The number of amides is 3. The van der Waals surface area contributed by atoms with Gasteiger partial charge in [0.2, 0.25) is 5.91 Å². The lowest BCUT2D eigenvalue weighted by Gasteiger charge is -2.06. The van der Waals surface area contributed by atoms with Crippen molar-refractivity contribution in [2.24, 2.45) is 0 Å². The van der Waals surface area contributed by atoms with E-state index in [4.69, 9.17) is 5.73 Å². The maximum absolute atomic E-state index is 11.5. The average molecular weight is 281 g/mol. The summed E-state index contributed by atoms with van der Waals surface area (Å²) in [7, 11) is 0. The van der Waals surface area contributed by atoms with Gasteiger partial charge in [-0.15, -0.1) is 11.8 Å². The molecule has 0 saturated carbocycles. The zero-order valence-electron chi connectivity index (χ0n) is 10.9. The van der Waals surface area contributed by atoms with Crippen LogP contribution in [0.3, 0.4) is 0 Å².